The predicted octanol–water partition coefficient (Wildman–Crippen LogP) is 0.0836. The summed E-state index contributed by atoms with van der Waals surface area (Å²) in [5.74, 6) is 0. The van der Waals surface area contributed by atoms with Crippen molar-refractivity contribution in [3.8, 4) is 0 Å². The zero-order valence-corrected chi connectivity index (χ0v) is 8.82. The Labute approximate surface area is 65.6 Å². The molecule has 0 fully saturated rings. The summed E-state index contributed by atoms with van der Waals surface area (Å²) in [6, 6.07) is 0. The zero-order chi connectivity index (χ0) is 9.58. The van der Waals surface area contributed by atoms with E-state index in [0.29, 0.717) is 0 Å². The van der Waals surface area contributed by atoms with E-state index in [9.17, 15) is 9.47 Å². The Hall–Kier alpha value is 0.358. The van der Waals surface area contributed by atoms with Crippen LogP contribution in [0.5, 0.6) is 0 Å². The van der Waals surface area contributed by atoms with Crippen LogP contribution in [0, 0.1) is 0 Å². The van der Waals surface area contributed by atoms with Gasteiger partial charge in [0.15, 0.2) is 0 Å². The van der Waals surface area contributed by atoms with Crippen LogP contribution in [-0.4, -0.2) is 36.6 Å². The Bertz CT molecular complexity index is 23.7. The van der Waals surface area contributed by atoms with Gasteiger partial charge in [-0.15, -0.1) is 0 Å². The first-order valence-electron chi connectivity index (χ1n) is 1.80. The Morgan fingerprint density at radius 1 is 0.700 bits per heavy atom. The summed E-state index contributed by atoms with van der Waals surface area (Å²) in [5.41, 5.74) is 0. The molecule has 0 amide bonds. The SMILES string of the molecule is CO.CO.CO.[F][W]([F])[F]. The fraction of sp³-hybridized carbons (Fsp3) is 1.00. The van der Waals surface area contributed by atoms with Crippen molar-refractivity contribution < 1.29 is 43.7 Å². The van der Waals surface area contributed by atoms with Crippen molar-refractivity contribution >= 4 is 0 Å². The Kier molecular flexibility index (Phi) is 130. The van der Waals surface area contributed by atoms with Crippen molar-refractivity contribution in [1.82, 2.24) is 0 Å². The molecule has 0 aliphatic rings. The van der Waals surface area contributed by atoms with Crippen molar-refractivity contribution in [3.63, 3.8) is 0 Å². The molecule has 3 N–H and O–H groups in total. The quantitative estimate of drug-likeness (QED) is 0.587. The summed E-state index contributed by atoms with van der Waals surface area (Å²) < 4.78 is 29.6. The molecule has 0 aromatic rings. The van der Waals surface area contributed by atoms with Gasteiger partial charge < -0.3 is 15.3 Å². The molecule has 0 aliphatic carbocycles. The van der Waals surface area contributed by atoms with Gasteiger partial charge in [0.1, 0.15) is 0 Å². The second-order valence-electron chi connectivity index (χ2n) is 0.175. The number of hydrogen-bond donors (Lipinski definition) is 3. The Morgan fingerprint density at radius 3 is 0.700 bits per heavy atom. The van der Waals surface area contributed by atoms with E-state index < -0.39 is 18.9 Å². The molecule has 0 bridgehead atoms. The first-order valence-corrected chi connectivity index (χ1v) is 5.13. The maximum absolute atomic E-state index is 9.86. The van der Waals surface area contributed by atoms with Gasteiger partial charge in [0.05, 0.1) is 0 Å². The molecule has 0 spiro atoms. The Morgan fingerprint density at radius 2 is 0.700 bits per heavy atom. The third-order valence-corrected chi connectivity index (χ3v) is 0. The molecule has 0 atom stereocenters. The van der Waals surface area contributed by atoms with E-state index in [1.54, 1.807) is 0 Å². The summed E-state index contributed by atoms with van der Waals surface area (Å²) in [6.07, 6.45) is 0. The van der Waals surface area contributed by atoms with Crippen molar-refractivity contribution in [2.75, 3.05) is 21.3 Å². The normalized spacial score (nSPS) is 5.40. The van der Waals surface area contributed by atoms with E-state index in [0.717, 1.165) is 21.3 Å². The van der Waals surface area contributed by atoms with Gasteiger partial charge in [0, 0.05) is 21.3 Å². The molecule has 0 aromatic carbocycles. The number of aliphatic hydroxyl groups excluding tert-OH is 3. The summed E-state index contributed by atoms with van der Waals surface area (Å²) in [4.78, 5) is 0. The van der Waals surface area contributed by atoms with Crippen molar-refractivity contribution in [3.05, 3.63) is 0 Å². The summed E-state index contributed by atoms with van der Waals surface area (Å²) in [7, 11) is 3.00. The fourth-order valence-corrected chi connectivity index (χ4v) is 0. The van der Waals surface area contributed by atoms with Gasteiger partial charge >= 0.3 is 28.4 Å². The van der Waals surface area contributed by atoms with Gasteiger partial charge in [0.25, 0.3) is 0 Å². The van der Waals surface area contributed by atoms with Gasteiger partial charge in [-0.05, 0) is 0 Å². The van der Waals surface area contributed by atoms with Gasteiger partial charge in [-0.3, -0.25) is 0 Å². The van der Waals surface area contributed by atoms with Crippen LogP contribution in [-0.2, 0) is 18.9 Å². The number of aliphatic hydroxyl groups is 3. The molecule has 0 heterocycles. The summed E-state index contributed by atoms with van der Waals surface area (Å²) >= 11 is -5.03. The molecule has 0 aromatic heterocycles. The van der Waals surface area contributed by atoms with E-state index in [1.165, 1.54) is 0 Å². The third kappa shape index (κ3) is 3520. The van der Waals surface area contributed by atoms with Crippen molar-refractivity contribution in [1.29, 1.82) is 0 Å². The molecular weight excluding hydrogens is 325 g/mol. The predicted molar refractivity (Wildman–Crippen MR) is 27.8 cm³/mol. The second kappa shape index (κ2) is 58.0. The van der Waals surface area contributed by atoms with Crippen LogP contribution in [0.3, 0.4) is 0 Å². The monoisotopic (exact) mass is 337 g/mol. The van der Waals surface area contributed by atoms with E-state index in [2.05, 4.69) is 0 Å². The van der Waals surface area contributed by atoms with Gasteiger partial charge in [-0.2, -0.15) is 0 Å². The number of rotatable bonds is 0. The maximum atomic E-state index is 9.86. The molecule has 0 saturated carbocycles. The van der Waals surface area contributed by atoms with Gasteiger partial charge in [0.2, 0.25) is 0 Å². The second-order valence-corrected chi connectivity index (χ2v) is 1.43. The standard InChI is InChI=1S/3CH4O.3FH.W/c3*1-2;;;;/h3*2H,1H3;3*1H;/q;;;;;;+3/p-3. The molecule has 7 heteroatoms. The van der Waals surface area contributed by atoms with E-state index >= 15 is 0 Å². The molecule has 0 saturated heterocycles. The molecule has 0 unspecified atom stereocenters. The van der Waals surface area contributed by atoms with Crippen LogP contribution in [0.2, 0.25) is 0 Å². The first kappa shape index (κ1) is 22.4. The number of halogens is 3. The van der Waals surface area contributed by atoms with Crippen molar-refractivity contribution in [2.45, 2.75) is 0 Å². The summed E-state index contributed by atoms with van der Waals surface area (Å²) in [6.45, 7) is 0. The molecule has 0 rings (SSSR count). The molecule has 10 heavy (non-hydrogen) atoms. The van der Waals surface area contributed by atoms with E-state index in [1.807, 2.05) is 0 Å². The van der Waals surface area contributed by atoms with Crippen LogP contribution in [0.25, 0.3) is 0 Å². The van der Waals surface area contributed by atoms with Crippen molar-refractivity contribution in [2.24, 2.45) is 0 Å². The minimum absolute atomic E-state index is 1.00. The fourth-order valence-electron chi connectivity index (χ4n) is 0. The van der Waals surface area contributed by atoms with Crippen LogP contribution in [0.1, 0.15) is 0 Å². The number of hydrogen-bond acceptors (Lipinski definition) is 3. The third-order valence-electron chi connectivity index (χ3n) is 0. The minimum atomic E-state index is -5.03. The van der Waals surface area contributed by atoms with Crippen LogP contribution in [0.4, 0.5) is 9.47 Å². The van der Waals surface area contributed by atoms with Crippen LogP contribution < -0.4 is 0 Å². The molecule has 0 radical (unpaired) electrons. The zero-order valence-electron chi connectivity index (χ0n) is 5.88. The van der Waals surface area contributed by atoms with E-state index in [-0.39, 0.29) is 0 Å². The molecular formula is C3H12F3O3W. The van der Waals surface area contributed by atoms with Crippen LogP contribution in [0.15, 0.2) is 0 Å². The molecule has 3 nitrogen and oxygen atoms in total. The van der Waals surface area contributed by atoms with Gasteiger partial charge in [-0.25, -0.2) is 0 Å². The average molecular weight is 337 g/mol. The molecule has 0 aliphatic heterocycles. The molecule has 69 valence electrons. The van der Waals surface area contributed by atoms with Crippen LogP contribution >= 0.6 is 0 Å². The first-order chi connectivity index (χ1) is 4.73. The van der Waals surface area contributed by atoms with Gasteiger partial charge in [-0.1, -0.05) is 0 Å². The topological polar surface area (TPSA) is 60.7 Å². The van der Waals surface area contributed by atoms with E-state index in [4.69, 9.17) is 15.3 Å². The summed E-state index contributed by atoms with van der Waals surface area (Å²) in [5, 5.41) is 21.0. The average Bonchev–Trinajstić information content (AvgIpc) is 1.98. The Balaban J connectivity index is -0.0000000262.